The molecule has 1 fully saturated rings. The maximum Gasteiger partial charge on any atom is 0.238 e. The molecule has 0 aliphatic carbocycles. The molecule has 1 amide bonds. The Morgan fingerprint density at radius 2 is 1.48 bits per heavy atom. The van der Waals surface area contributed by atoms with E-state index < -0.39 is 0 Å². The fourth-order valence-corrected chi connectivity index (χ4v) is 3.84. The molecule has 1 saturated heterocycles. The molecule has 0 unspecified atom stereocenters. The van der Waals surface area contributed by atoms with E-state index in [9.17, 15) is 4.79 Å². The summed E-state index contributed by atoms with van der Waals surface area (Å²) in [6.45, 7) is 6.37. The number of rotatable bonds is 5. The van der Waals surface area contributed by atoms with Crippen LogP contribution in [0.1, 0.15) is 11.1 Å². The summed E-state index contributed by atoms with van der Waals surface area (Å²) in [5.41, 5.74) is 2.61. The summed E-state index contributed by atoms with van der Waals surface area (Å²) < 4.78 is 0. The Morgan fingerprint density at radius 1 is 0.926 bits per heavy atom. The van der Waals surface area contributed by atoms with Gasteiger partial charge >= 0.3 is 0 Å². The van der Waals surface area contributed by atoms with E-state index >= 15 is 0 Å². The van der Waals surface area contributed by atoms with Gasteiger partial charge < -0.3 is 5.32 Å². The second-order valence-electron chi connectivity index (χ2n) is 6.71. The van der Waals surface area contributed by atoms with Gasteiger partial charge in [0.2, 0.25) is 5.91 Å². The molecule has 0 bridgehead atoms. The molecule has 0 radical (unpaired) electrons. The number of benzene rings is 2. The number of hydrogen-bond donors (Lipinski definition) is 1. The SMILES string of the molecule is Cc1c(Cl)cccc1NC(=O)CN1CCN(Cc2c(Cl)cccc2Cl)CC1. The van der Waals surface area contributed by atoms with Crippen LogP contribution in [0.3, 0.4) is 0 Å². The minimum atomic E-state index is -0.0250. The van der Waals surface area contributed by atoms with Crippen molar-refractivity contribution in [1.29, 1.82) is 0 Å². The van der Waals surface area contributed by atoms with Gasteiger partial charge in [-0.1, -0.05) is 46.9 Å². The highest BCUT2D eigenvalue weighted by molar-refractivity contribution is 6.36. The van der Waals surface area contributed by atoms with Crippen molar-refractivity contribution in [1.82, 2.24) is 9.80 Å². The molecule has 1 aliphatic rings. The largest absolute Gasteiger partial charge is 0.325 e. The monoisotopic (exact) mass is 425 g/mol. The van der Waals surface area contributed by atoms with Crippen molar-refractivity contribution in [2.75, 3.05) is 38.0 Å². The number of halogens is 3. The predicted molar refractivity (Wildman–Crippen MR) is 113 cm³/mol. The molecule has 0 aromatic heterocycles. The Balaban J connectivity index is 1.49. The van der Waals surface area contributed by atoms with Crippen LogP contribution in [-0.2, 0) is 11.3 Å². The van der Waals surface area contributed by atoms with E-state index in [0.717, 1.165) is 49.5 Å². The van der Waals surface area contributed by atoms with E-state index in [1.54, 1.807) is 0 Å². The van der Waals surface area contributed by atoms with E-state index in [4.69, 9.17) is 34.8 Å². The first kappa shape index (κ1) is 20.4. The summed E-state index contributed by atoms with van der Waals surface area (Å²) in [5.74, 6) is -0.0250. The van der Waals surface area contributed by atoms with Crippen LogP contribution in [-0.4, -0.2) is 48.4 Å². The minimum absolute atomic E-state index is 0.0250. The molecule has 4 nitrogen and oxygen atoms in total. The second kappa shape index (κ2) is 9.26. The number of carbonyl (C=O) groups is 1. The van der Waals surface area contributed by atoms with Gasteiger partial charge in [-0.3, -0.25) is 14.6 Å². The Hall–Kier alpha value is -1.30. The van der Waals surface area contributed by atoms with Crippen LogP contribution in [0, 0.1) is 6.92 Å². The molecule has 1 heterocycles. The van der Waals surface area contributed by atoms with Gasteiger partial charge in [0.15, 0.2) is 0 Å². The Morgan fingerprint density at radius 3 is 2.15 bits per heavy atom. The molecular weight excluding hydrogens is 405 g/mol. The van der Waals surface area contributed by atoms with Crippen molar-refractivity contribution in [3.63, 3.8) is 0 Å². The Labute approximate surface area is 175 Å². The van der Waals surface area contributed by atoms with Crippen LogP contribution in [0.4, 0.5) is 5.69 Å². The van der Waals surface area contributed by atoms with E-state index in [0.29, 0.717) is 21.6 Å². The number of hydrogen-bond acceptors (Lipinski definition) is 3. The number of nitrogens with one attached hydrogen (secondary N) is 1. The fraction of sp³-hybridized carbons (Fsp3) is 0.350. The van der Waals surface area contributed by atoms with Gasteiger partial charge in [0.05, 0.1) is 6.54 Å². The quantitative estimate of drug-likeness (QED) is 0.752. The zero-order valence-corrected chi connectivity index (χ0v) is 17.4. The number of anilines is 1. The molecule has 0 atom stereocenters. The number of nitrogens with zero attached hydrogens (tertiary/aromatic N) is 2. The van der Waals surface area contributed by atoms with Crippen LogP contribution in [0.25, 0.3) is 0 Å². The first-order chi connectivity index (χ1) is 12.9. The lowest BCUT2D eigenvalue weighted by Gasteiger charge is -2.34. The van der Waals surface area contributed by atoms with E-state index in [1.165, 1.54) is 0 Å². The first-order valence-corrected chi connectivity index (χ1v) is 10.00. The van der Waals surface area contributed by atoms with Crippen LogP contribution in [0.5, 0.6) is 0 Å². The summed E-state index contributed by atoms with van der Waals surface area (Å²) >= 11 is 18.6. The summed E-state index contributed by atoms with van der Waals surface area (Å²) in [6, 6.07) is 11.1. The zero-order valence-electron chi connectivity index (χ0n) is 15.1. The highest BCUT2D eigenvalue weighted by atomic mass is 35.5. The molecule has 0 saturated carbocycles. The maximum absolute atomic E-state index is 12.4. The molecule has 1 N–H and O–H groups in total. The lowest BCUT2D eigenvalue weighted by atomic mass is 10.2. The van der Waals surface area contributed by atoms with Crippen LogP contribution < -0.4 is 5.32 Å². The Bertz CT molecular complexity index is 800. The van der Waals surface area contributed by atoms with Crippen LogP contribution >= 0.6 is 34.8 Å². The summed E-state index contributed by atoms with van der Waals surface area (Å²) in [4.78, 5) is 16.8. The first-order valence-electron chi connectivity index (χ1n) is 8.86. The molecule has 2 aromatic carbocycles. The van der Waals surface area contributed by atoms with E-state index in [-0.39, 0.29) is 5.91 Å². The van der Waals surface area contributed by atoms with Gasteiger partial charge in [-0.15, -0.1) is 0 Å². The average Bonchev–Trinajstić information content (AvgIpc) is 2.63. The third-order valence-electron chi connectivity index (χ3n) is 4.82. The summed E-state index contributed by atoms with van der Waals surface area (Å²) in [6.07, 6.45) is 0. The van der Waals surface area contributed by atoms with Gasteiger partial charge in [0, 0.05) is 59.0 Å². The van der Waals surface area contributed by atoms with Crippen molar-refractivity contribution in [2.24, 2.45) is 0 Å². The summed E-state index contributed by atoms with van der Waals surface area (Å²) in [7, 11) is 0. The van der Waals surface area contributed by atoms with Gasteiger partial charge in [-0.25, -0.2) is 0 Å². The second-order valence-corrected chi connectivity index (χ2v) is 7.93. The number of carbonyl (C=O) groups excluding carboxylic acids is 1. The molecular formula is C20H22Cl3N3O. The molecule has 2 aromatic rings. The van der Waals surface area contributed by atoms with Crippen molar-refractivity contribution in [2.45, 2.75) is 13.5 Å². The zero-order chi connectivity index (χ0) is 19.4. The van der Waals surface area contributed by atoms with Crippen LogP contribution in [0.2, 0.25) is 15.1 Å². The third-order valence-corrected chi connectivity index (χ3v) is 5.93. The molecule has 0 spiro atoms. The molecule has 3 rings (SSSR count). The standard InChI is InChI=1S/C20H22Cl3N3O/c1-14-16(21)4-3-7-19(14)24-20(27)13-26-10-8-25(9-11-26)12-15-17(22)5-2-6-18(15)23/h2-7H,8-13H2,1H3,(H,24,27). The topological polar surface area (TPSA) is 35.6 Å². The smallest absolute Gasteiger partial charge is 0.238 e. The van der Waals surface area contributed by atoms with E-state index in [1.807, 2.05) is 43.3 Å². The normalized spacial score (nSPS) is 15.7. The Kier molecular flexibility index (Phi) is 7.01. The van der Waals surface area contributed by atoms with Crippen molar-refractivity contribution < 1.29 is 4.79 Å². The lowest BCUT2D eigenvalue weighted by Crippen LogP contribution is -2.48. The van der Waals surface area contributed by atoms with Crippen molar-refractivity contribution in [3.8, 4) is 0 Å². The van der Waals surface area contributed by atoms with Crippen LogP contribution in [0.15, 0.2) is 36.4 Å². The van der Waals surface area contributed by atoms with Gasteiger partial charge in [-0.05, 0) is 36.8 Å². The van der Waals surface area contributed by atoms with Gasteiger partial charge in [-0.2, -0.15) is 0 Å². The highest BCUT2D eigenvalue weighted by Crippen LogP contribution is 2.26. The lowest BCUT2D eigenvalue weighted by molar-refractivity contribution is -0.117. The average molecular weight is 427 g/mol. The molecule has 1 aliphatic heterocycles. The van der Waals surface area contributed by atoms with Crippen molar-refractivity contribution in [3.05, 3.63) is 62.6 Å². The number of piperazine rings is 1. The minimum Gasteiger partial charge on any atom is -0.325 e. The van der Waals surface area contributed by atoms with Crippen molar-refractivity contribution >= 4 is 46.4 Å². The highest BCUT2D eigenvalue weighted by Gasteiger charge is 2.20. The van der Waals surface area contributed by atoms with E-state index in [2.05, 4.69) is 15.1 Å². The van der Waals surface area contributed by atoms with Gasteiger partial charge in [0.1, 0.15) is 0 Å². The molecule has 7 heteroatoms. The fourth-order valence-electron chi connectivity index (χ4n) is 3.15. The summed E-state index contributed by atoms with van der Waals surface area (Å²) in [5, 5.41) is 4.99. The molecule has 27 heavy (non-hydrogen) atoms. The number of amides is 1. The maximum atomic E-state index is 12.4. The predicted octanol–water partition coefficient (Wildman–Crippen LogP) is 4.71. The third kappa shape index (κ3) is 5.37. The van der Waals surface area contributed by atoms with Gasteiger partial charge in [0.25, 0.3) is 0 Å². The molecule has 144 valence electrons.